The fourth-order valence-electron chi connectivity index (χ4n) is 3.95. The Morgan fingerprint density at radius 2 is 1.79 bits per heavy atom. The second-order valence-electron chi connectivity index (χ2n) is 8.16. The van der Waals surface area contributed by atoms with Gasteiger partial charge < -0.3 is 10.1 Å². The molecule has 2 aromatic rings. The maximum absolute atomic E-state index is 13.1. The van der Waals surface area contributed by atoms with Crippen LogP contribution in [-0.4, -0.2) is 56.5 Å². The van der Waals surface area contributed by atoms with E-state index in [0.717, 1.165) is 37.0 Å². The summed E-state index contributed by atoms with van der Waals surface area (Å²) in [6.45, 7) is 5.75. The lowest BCUT2D eigenvalue weighted by Crippen LogP contribution is -2.32. The van der Waals surface area contributed by atoms with Gasteiger partial charge in [-0.2, -0.15) is 4.31 Å². The van der Waals surface area contributed by atoms with Crippen molar-refractivity contribution in [3.05, 3.63) is 45.8 Å². The molecule has 1 fully saturated rings. The minimum absolute atomic E-state index is 0.0956. The van der Waals surface area contributed by atoms with Gasteiger partial charge in [-0.1, -0.05) is 25.0 Å². The fourth-order valence-corrected chi connectivity index (χ4v) is 6.60. The third-order valence-corrected chi connectivity index (χ3v) is 8.96. The maximum atomic E-state index is 13.1. The number of esters is 1. The van der Waals surface area contributed by atoms with Crippen LogP contribution < -0.4 is 5.32 Å². The van der Waals surface area contributed by atoms with E-state index in [1.54, 1.807) is 26.0 Å². The van der Waals surface area contributed by atoms with Crippen molar-refractivity contribution in [1.29, 1.82) is 0 Å². The quantitative estimate of drug-likeness (QED) is 0.399. The molecule has 10 heteroatoms. The minimum Gasteiger partial charge on any atom is -0.462 e. The summed E-state index contributed by atoms with van der Waals surface area (Å²) >= 11 is 1.10. The topological polar surface area (TPSA) is 110 Å². The summed E-state index contributed by atoms with van der Waals surface area (Å²) in [4.78, 5) is 37.8. The molecule has 0 aliphatic carbocycles. The summed E-state index contributed by atoms with van der Waals surface area (Å²) in [6.07, 6.45) is 3.68. The van der Waals surface area contributed by atoms with E-state index in [1.807, 2.05) is 0 Å². The SMILES string of the molecule is CCOC(=O)c1c(NCC(=O)c2cccc(S(=O)(=O)N3CCCCCC3)c2)sc(C(C)=O)c1C. The Kier molecular flexibility index (Phi) is 8.62. The summed E-state index contributed by atoms with van der Waals surface area (Å²) in [7, 11) is -3.68. The van der Waals surface area contributed by atoms with Crippen LogP contribution in [0.25, 0.3) is 0 Å². The van der Waals surface area contributed by atoms with Crippen LogP contribution >= 0.6 is 11.3 Å². The monoisotopic (exact) mass is 506 g/mol. The van der Waals surface area contributed by atoms with E-state index in [4.69, 9.17) is 4.74 Å². The molecule has 1 aromatic heterocycles. The number of ether oxygens (including phenoxy) is 1. The minimum atomic E-state index is -3.68. The molecular weight excluding hydrogens is 476 g/mol. The highest BCUT2D eigenvalue weighted by Gasteiger charge is 2.27. The number of Topliss-reactive ketones (excluding diaryl/α,β-unsaturated/α-hetero) is 2. The van der Waals surface area contributed by atoms with E-state index in [1.165, 1.54) is 23.4 Å². The van der Waals surface area contributed by atoms with E-state index in [9.17, 15) is 22.8 Å². The van der Waals surface area contributed by atoms with Crippen molar-refractivity contribution in [2.24, 2.45) is 0 Å². The van der Waals surface area contributed by atoms with Crippen LogP contribution in [-0.2, 0) is 14.8 Å². The first-order chi connectivity index (χ1) is 16.2. The molecule has 0 unspecified atom stereocenters. The molecular formula is C24H30N2O6S2. The molecule has 1 saturated heterocycles. The lowest BCUT2D eigenvalue weighted by Gasteiger charge is -2.20. The number of sulfonamides is 1. The number of carbonyl (C=O) groups excluding carboxylic acids is 3. The highest BCUT2D eigenvalue weighted by molar-refractivity contribution is 7.89. The molecule has 1 aliphatic rings. The molecule has 184 valence electrons. The molecule has 0 radical (unpaired) electrons. The molecule has 8 nitrogen and oxygen atoms in total. The molecule has 1 aromatic carbocycles. The van der Waals surface area contributed by atoms with Gasteiger partial charge in [0.15, 0.2) is 11.6 Å². The van der Waals surface area contributed by atoms with Gasteiger partial charge in [0.05, 0.1) is 28.5 Å². The van der Waals surface area contributed by atoms with Crippen molar-refractivity contribution in [3.8, 4) is 0 Å². The van der Waals surface area contributed by atoms with Crippen molar-refractivity contribution < 1.29 is 27.5 Å². The standard InChI is InChI=1S/C24H30N2O6S2/c1-4-32-24(29)21-16(2)22(17(3)27)33-23(21)25-15-20(28)18-10-9-11-19(14-18)34(30,31)26-12-7-5-6-8-13-26/h9-11,14,25H,4-8,12-13,15H2,1-3H3. The predicted molar refractivity (Wildman–Crippen MR) is 132 cm³/mol. The summed E-state index contributed by atoms with van der Waals surface area (Å²) in [5.41, 5.74) is 1.000. The van der Waals surface area contributed by atoms with Gasteiger partial charge in [-0.3, -0.25) is 9.59 Å². The zero-order chi connectivity index (χ0) is 24.9. The van der Waals surface area contributed by atoms with E-state index in [0.29, 0.717) is 28.5 Å². The first kappa shape index (κ1) is 26.1. The van der Waals surface area contributed by atoms with Crippen LogP contribution in [0, 0.1) is 6.92 Å². The second kappa shape index (κ2) is 11.2. The number of rotatable bonds is 9. The van der Waals surface area contributed by atoms with Crippen molar-refractivity contribution >= 4 is 43.9 Å². The summed E-state index contributed by atoms with van der Waals surface area (Å²) in [5.74, 6) is -1.08. The van der Waals surface area contributed by atoms with Gasteiger partial charge in [0, 0.05) is 18.7 Å². The van der Waals surface area contributed by atoms with Crippen LogP contribution in [0.2, 0.25) is 0 Å². The highest BCUT2D eigenvalue weighted by Crippen LogP contribution is 2.34. The number of benzene rings is 1. The number of nitrogens with one attached hydrogen (secondary N) is 1. The average molecular weight is 507 g/mol. The van der Waals surface area contributed by atoms with Gasteiger partial charge in [-0.05, 0) is 51.3 Å². The Hall–Kier alpha value is -2.56. The fraction of sp³-hybridized carbons (Fsp3) is 0.458. The van der Waals surface area contributed by atoms with Gasteiger partial charge in [0.25, 0.3) is 0 Å². The molecule has 1 N–H and O–H groups in total. The summed E-state index contributed by atoms with van der Waals surface area (Å²) < 4.78 is 32.8. The third kappa shape index (κ3) is 5.73. The second-order valence-corrected chi connectivity index (χ2v) is 11.1. The van der Waals surface area contributed by atoms with Gasteiger partial charge in [0.1, 0.15) is 5.00 Å². The predicted octanol–water partition coefficient (Wildman–Crippen LogP) is 4.30. The van der Waals surface area contributed by atoms with Crippen LogP contribution in [0.3, 0.4) is 0 Å². The smallest absolute Gasteiger partial charge is 0.341 e. The molecule has 0 saturated carbocycles. The third-order valence-electron chi connectivity index (χ3n) is 5.71. The zero-order valence-electron chi connectivity index (χ0n) is 19.7. The average Bonchev–Trinajstić information content (AvgIpc) is 2.96. The number of hydrogen-bond donors (Lipinski definition) is 1. The Bertz CT molecular complexity index is 1180. The molecule has 34 heavy (non-hydrogen) atoms. The van der Waals surface area contributed by atoms with E-state index >= 15 is 0 Å². The first-order valence-corrected chi connectivity index (χ1v) is 13.6. The summed E-state index contributed by atoms with van der Waals surface area (Å²) in [5, 5.41) is 3.33. The van der Waals surface area contributed by atoms with Gasteiger partial charge >= 0.3 is 5.97 Å². The normalized spacial score (nSPS) is 14.9. The Morgan fingerprint density at radius 1 is 1.12 bits per heavy atom. The number of hydrogen-bond acceptors (Lipinski definition) is 8. The molecule has 0 bridgehead atoms. The molecule has 0 atom stereocenters. The first-order valence-electron chi connectivity index (χ1n) is 11.4. The largest absolute Gasteiger partial charge is 0.462 e. The van der Waals surface area contributed by atoms with Crippen LogP contribution in [0.5, 0.6) is 0 Å². The maximum Gasteiger partial charge on any atom is 0.341 e. The number of thiophene rings is 1. The van der Waals surface area contributed by atoms with Crippen molar-refractivity contribution in [3.63, 3.8) is 0 Å². The van der Waals surface area contributed by atoms with E-state index < -0.39 is 16.0 Å². The molecule has 2 heterocycles. The molecule has 0 amide bonds. The number of nitrogens with zero attached hydrogens (tertiary/aromatic N) is 1. The lowest BCUT2D eigenvalue weighted by molar-refractivity contribution is 0.0527. The van der Waals surface area contributed by atoms with Crippen molar-refractivity contribution in [2.75, 3.05) is 31.6 Å². The zero-order valence-corrected chi connectivity index (χ0v) is 21.3. The Balaban J connectivity index is 1.80. The lowest BCUT2D eigenvalue weighted by atomic mass is 10.1. The Labute approximate surface area is 204 Å². The van der Waals surface area contributed by atoms with Gasteiger partial charge in [0.2, 0.25) is 10.0 Å². The number of ketones is 2. The molecule has 0 spiro atoms. The van der Waals surface area contributed by atoms with Crippen LogP contribution in [0.15, 0.2) is 29.2 Å². The summed E-state index contributed by atoms with van der Waals surface area (Å²) in [6, 6.07) is 6.03. The Morgan fingerprint density at radius 3 is 2.41 bits per heavy atom. The van der Waals surface area contributed by atoms with Gasteiger partial charge in [-0.25, -0.2) is 13.2 Å². The van der Waals surface area contributed by atoms with Gasteiger partial charge in [-0.15, -0.1) is 11.3 Å². The van der Waals surface area contributed by atoms with Crippen LogP contribution in [0.1, 0.15) is 75.5 Å². The van der Waals surface area contributed by atoms with E-state index in [2.05, 4.69) is 5.32 Å². The highest BCUT2D eigenvalue weighted by atomic mass is 32.2. The van der Waals surface area contributed by atoms with Crippen molar-refractivity contribution in [2.45, 2.75) is 51.3 Å². The molecule has 3 rings (SSSR count). The number of anilines is 1. The molecule has 1 aliphatic heterocycles. The van der Waals surface area contributed by atoms with Crippen molar-refractivity contribution in [1.82, 2.24) is 4.31 Å². The van der Waals surface area contributed by atoms with E-state index in [-0.39, 0.29) is 40.7 Å². The number of carbonyl (C=O) groups is 3. The van der Waals surface area contributed by atoms with Crippen LogP contribution in [0.4, 0.5) is 5.00 Å².